The molecule has 1 aromatic rings. The summed E-state index contributed by atoms with van der Waals surface area (Å²) in [6.07, 6.45) is 0.904. The molecular weight excluding hydrogens is 326 g/mol. The van der Waals surface area contributed by atoms with Crippen molar-refractivity contribution in [3.05, 3.63) is 35.9 Å². The molecule has 0 heterocycles. The maximum absolute atomic E-state index is 12.9. The van der Waals surface area contributed by atoms with E-state index in [1.165, 1.54) is 0 Å². The van der Waals surface area contributed by atoms with Crippen LogP contribution < -0.4 is 5.73 Å². The van der Waals surface area contributed by atoms with Gasteiger partial charge in [0.1, 0.15) is 11.9 Å². The van der Waals surface area contributed by atoms with E-state index < -0.39 is 12.1 Å². The second kappa shape index (κ2) is 8.45. The summed E-state index contributed by atoms with van der Waals surface area (Å²) in [6, 6.07) is 8.93. The van der Waals surface area contributed by atoms with Gasteiger partial charge in [-0.2, -0.15) is 0 Å². The summed E-state index contributed by atoms with van der Waals surface area (Å²) in [7, 11) is 0. The number of nitrogens with two attached hydrogens (primary N) is 1. The first-order valence-electron chi connectivity index (χ1n) is 9.63. The molecule has 4 heteroatoms. The van der Waals surface area contributed by atoms with Gasteiger partial charge in [0.25, 0.3) is 0 Å². The van der Waals surface area contributed by atoms with Crippen LogP contribution in [0.2, 0.25) is 0 Å². The van der Waals surface area contributed by atoms with Gasteiger partial charge in [0.05, 0.1) is 0 Å². The summed E-state index contributed by atoms with van der Waals surface area (Å²) < 4.78 is 0. The quantitative estimate of drug-likeness (QED) is 0.817. The van der Waals surface area contributed by atoms with Gasteiger partial charge in [-0.1, -0.05) is 58.0 Å². The van der Waals surface area contributed by atoms with E-state index in [0.717, 1.165) is 18.4 Å². The van der Waals surface area contributed by atoms with Gasteiger partial charge in [0, 0.05) is 24.3 Å². The van der Waals surface area contributed by atoms with E-state index in [1.807, 2.05) is 30.3 Å². The van der Waals surface area contributed by atoms with Crippen molar-refractivity contribution in [1.29, 1.82) is 0 Å². The molecule has 1 fully saturated rings. The molecule has 0 saturated heterocycles. The van der Waals surface area contributed by atoms with E-state index in [0.29, 0.717) is 12.3 Å². The zero-order valence-corrected chi connectivity index (χ0v) is 16.4. The van der Waals surface area contributed by atoms with Crippen LogP contribution in [0.25, 0.3) is 0 Å². The van der Waals surface area contributed by atoms with Gasteiger partial charge in [0.15, 0.2) is 5.78 Å². The fourth-order valence-corrected chi connectivity index (χ4v) is 4.07. The van der Waals surface area contributed by atoms with Crippen molar-refractivity contribution < 1.29 is 14.7 Å². The Balaban J connectivity index is 1.99. The second-order valence-corrected chi connectivity index (χ2v) is 9.06. The predicted octanol–water partition coefficient (Wildman–Crippen LogP) is 3.15. The number of aliphatic hydroxyl groups is 1. The summed E-state index contributed by atoms with van der Waals surface area (Å²) in [4.78, 5) is 25.4. The van der Waals surface area contributed by atoms with Crippen LogP contribution in [0, 0.1) is 23.2 Å². The Labute approximate surface area is 157 Å². The highest BCUT2D eigenvalue weighted by Gasteiger charge is 2.42. The van der Waals surface area contributed by atoms with Crippen LogP contribution >= 0.6 is 0 Å². The smallest absolute Gasteiger partial charge is 0.163 e. The highest BCUT2D eigenvalue weighted by atomic mass is 16.3. The lowest BCUT2D eigenvalue weighted by Gasteiger charge is -2.39. The van der Waals surface area contributed by atoms with Crippen LogP contribution in [0.3, 0.4) is 0 Å². The Hall–Kier alpha value is -1.52. The van der Waals surface area contributed by atoms with Crippen LogP contribution in [0.1, 0.15) is 52.5 Å². The molecule has 2 rings (SSSR count). The first-order chi connectivity index (χ1) is 12.1. The third-order valence-electron chi connectivity index (χ3n) is 5.61. The lowest BCUT2D eigenvalue weighted by Crippen LogP contribution is -2.45. The number of hydrogen-bond acceptors (Lipinski definition) is 4. The Morgan fingerprint density at radius 1 is 1.23 bits per heavy atom. The van der Waals surface area contributed by atoms with Crippen LogP contribution in [-0.2, 0) is 16.0 Å². The third-order valence-corrected chi connectivity index (χ3v) is 5.61. The number of carbonyl (C=O) groups is 2. The molecule has 1 saturated carbocycles. The van der Waals surface area contributed by atoms with Crippen molar-refractivity contribution in [2.45, 2.75) is 65.5 Å². The Bertz CT molecular complexity index is 620. The van der Waals surface area contributed by atoms with Crippen molar-refractivity contribution in [3.63, 3.8) is 0 Å². The van der Waals surface area contributed by atoms with E-state index >= 15 is 0 Å². The summed E-state index contributed by atoms with van der Waals surface area (Å²) in [6.45, 7) is 8.38. The van der Waals surface area contributed by atoms with Crippen LogP contribution in [-0.4, -0.2) is 28.8 Å². The number of carbonyl (C=O) groups excluding carboxylic acids is 2. The molecule has 0 spiro atoms. The van der Waals surface area contributed by atoms with Gasteiger partial charge in [-0.25, -0.2) is 0 Å². The first kappa shape index (κ1) is 20.8. The predicted molar refractivity (Wildman–Crippen MR) is 104 cm³/mol. The highest BCUT2D eigenvalue weighted by molar-refractivity contribution is 5.92. The number of aliphatic hydroxyl groups excluding tert-OH is 1. The average molecular weight is 360 g/mol. The minimum Gasteiger partial charge on any atom is -0.384 e. The molecule has 4 unspecified atom stereocenters. The maximum atomic E-state index is 12.9. The van der Waals surface area contributed by atoms with E-state index in [9.17, 15) is 14.7 Å². The lowest BCUT2D eigenvalue weighted by molar-refractivity contribution is -0.139. The largest absolute Gasteiger partial charge is 0.384 e. The fraction of sp³-hybridized carbons (Fsp3) is 0.636. The normalized spacial score (nSPS) is 26.4. The standard InChI is InChI=1S/C22H33NO3/c1-14-10-16(20(25)17(11-14)22(2,3)4)13-19(24)21(26)18(23)12-15-8-6-5-7-9-15/h5-9,14,16-18,21,26H,10-13,23H2,1-4H3/t14?,16?,17?,18?,21-/m0/s1. The van der Waals surface area contributed by atoms with Gasteiger partial charge in [-0.15, -0.1) is 0 Å². The molecule has 1 aromatic carbocycles. The van der Waals surface area contributed by atoms with E-state index in [1.54, 1.807) is 0 Å². The Morgan fingerprint density at radius 3 is 2.42 bits per heavy atom. The van der Waals surface area contributed by atoms with E-state index in [4.69, 9.17) is 5.73 Å². The van der Waals surface area contributed by atoms with Crippen LogP contribution in [0.4, 0.5) is 0 Å². The van der Waals surface area contributed by atoms with Crippen molar-refractivity contribution in [1.82, 2.24) is 0 Å². The Kier molecular flexibility index (Phi) is 6.75. The summed E-state index contributed by atoms with van der Waals surface area (Å²) in [5, 5.41) is 10.4. The van der Waals surface area contributed by atoms with Crippen molar-refractivity contribution in [2.24, 2.45) is 28.9 Å². The van der Waals surface area contributed by atoms with Crippen LogP contribution in [0.5, 0.6) is 0 Å². The van der Waals surface area contributed by atoms with Crippen LogP contribution in [0.15, 0.2) is 30.3 Å². The number of ketones is 2. The SMILES string of the molecule is CC1CC(CC(=O)[C@@H](O)C(N)Cc2ccccc2)C(=O)C(C(C)(C)C)C1. The number of benzene rings is 1. The molecular formula is C22H33NO3. The molecule has 3 N–H and O–H groups in total. The average Bonchev–Trinajstić information content (AvgIpc) is 2.56. The molecule has 26 heavy (non-hydrogen) atoms. The monoisotopic (exact) mass is 359 g/mol. The summed E-state index contributed by atoms with van der Waals surface area (Å²) in [5.41, 5.74) is 6.94. The second-order valence-electron chi connectivity index (χ2n) is 9.06. The zero-order valence-electron chi connectivity index (χ0n) is 16.4. The molecule has 5 atom stereocenters. The number of hydrogen-bond donors (Lipinski definition) is 2. The molecule has 144 valence electrons. The lowest BCUT2D eigenvalue weighted by atomic mass is 9.64. The van der Waals surface area contributed by atoms with Crippen molar-refractivity contribution in [3.8, 4) is 0 Å². The fourth-order valence-electron chi connectivity index (χ4n) is 4.07. The zero-order chi connectivity index (χ0) is 19.5. The molecule has 4 nitrogen and oxygen atoms in total. The topological polar surface area (TPSA) is 80.4 Å². The molecule has 0 aliphatic heterocycles. The van der Waals surface area contributed by atoms with Gasteiger partial charge >= 0.3 is 0 Å². The number of Topliss-reactive ketones (excluding diaryl/α,β-unsaturated/α-hetero) is 2. The van der Waals surface area contributed by atoms with Gasteiger partial charge < -0.3 is 10.8 Å². The molecule has 0 aromatic heterocycles. The maximum Gasteiger partial charge on any atom is 0.163 e. The minimum absolute atomic E-state index is 0.0285. The van der Waals surface area contributed by atoms with E-state index in [2.05, 4.69) is 27.7 Å². The molecule has 1 aliphatic rings. The minimum atomic E-state index is -1.23. The molecule has 0 radical (unpaired) electrons. The first-order valence-corrected chi connectivity index (χ1v) is 9.63. The Morgan fingerprint density at radius 2 is 1.85 bits per heavy atom. The third kappa shape index (κ3) is 5.24. The molecule has 0 bridgehead atoms. The van der Waals surface area contributed by atoms with Gasteiger partial charge in [-0.05, 0) is 36.2 Å². The van der Waals surface area contributed by atoms with Crippen molar-refractivity contribution in [2.75, 3.05) is 0 Å². The molecule has 0 amide bonds. The van der Waals surface area contributed by atoms with E-state index in [-0.39, 0.29) is 35.2 Å². The summed E-state index contributed by atoms with van der Waals surface area (Å²) >= 11 is 0. The number of rotatable bonds is 6. The van der Waals surface area contributed by atoms with Gasteiger partial charge in [0.2, 0.25) is 0 Å². The van der Waals surface area contributed by atoms with Crippen molar-refractivity contribution >= 4 is 11.6 Å². The molecule has 1 aliphatic carbocycles. The van der Waals surface area contributed by atoms with Gasteiger partial charge in [-0.3, -0.25) is 9.59 Å². The highest BCUT2D eigenvalue weighted by Crippen LogP contribution is 2.41. The summed E-state index contributed by atoms with van der Waals surface area (Å²) in [5.74, 6) is -0.0561.